The van der Waals surface area contributed by atoms with Gasteiger partial charge in [-0.1, -0.05) is 66.7 Å². The molecular formula is C24H20OS3. The number of benzene rings is 2. The van der Waals surface area contributed by atoms with Crippen molar-refractivity contribution in [2.45, 2.75) is 5.92 Å². The average molecular weight is 421 g/mol. The van der Waals surface area contributed by atoms with Gasteiger partial charge >= 0.3 is 0 Å². The molecule has 1 saturated heterocycles. The number of allylic oxidation sites excluding steroid dienone is 2. The molecule has 0 spiro atoms. The fraction of sp³-hybridized carbons (Fsp3) is 0.125. The zero-order valence-electron chi connectivity index (χ0n) is 15.3. The van der Waals surface area contributed by atoms with Gasteiger partial charge in [-0.3, -0.25) is 4.79 Å². The van der Waals surface area contributed by atoms with Crippen LogP contribution in [0.5, 0.6) is 0 Å². The molecule has 0 amide bonds. The summed E-state index contributed by atoms with van der Waals surface area (Å²) in [7, 11) is 0. The topological polar surface area (TPSA) is 17.1 Å². The summed E-state index contributed by atoms with van der Waals surface area (Å²) in [4.78, 5) is 14.5. The second kappa shape index (κ2) is 9.46. The molecule has 0 aliphatic carbocycles. The molecule has 4 heteroatoms. The maximum Gasteiger partial charge on any atom is 0.184 e. The monoisotopic (exact) mass is 420 g/mol. The molecule has 3 aromatic rings. The molecule has 0 atom stereocenters. The van der Waals surface area contributed by atoms with Crippen molar-refractivity contribution in [1.29, 1.82) is 0 Å². The van der Waals surface area contributed by atoms with E-state index in [-0.39, 0.29) is 11.7 Å². The lowest BCUT2D eigenvalue weighted by atomic mass is 9.83. The van der Waals surface area contributed by atoms with E-state index in [0.29, 0.717) is 0 Å². The number of thioether (sulfide) groups is 2. The Labute approximate surface area is 178 Å². The average Bonchev–Trinajstić information content (AvgIpc) is 3.45. The van der Waals surface area contributed by atoms with E-state index >= 15 is 0 Å². The Morgan fingerprint density at radius 3 is 1.96 bits per heavy atom. The molecule has 140 valence electrons. The largest absolute Gasteiger partial charge is 0.290 e. The number of hydrogen-bond acceptors (Lipinski definition) is 4. The van der Waals surface area contributed by atoms with Gasteiger partial charge in [0.15, 0.2) is 5.78 Å². The predicted molar refractivity (Wildman–Crippen MR) is 125 cm³/mol. The minimum absolute atomic E-state index is 0.0593. The summed E-state index contributed by atoms with van der Waals surface area (Å²) in [6, 6.07) is 24.8. The van der Waals surface area contributed by atoms with Gasteiger partial charge in [0.1, 0.15) is 0 Å². The van der Waals surface area contributed by atoms with Crippen LogP contribution in [0.25, 0.3) is 6.08 Å². The van der Waals surface area contributed by atoms with Crippen molar-refractivity contribution >= 4 is 46.7 Å². The molecule has 1 aliphatic heterocycles. The van der Waals surface area contributed by atoms with Crippen molar-refractivity contribution < 1.29 is 4.79 Å². The minimum atomic E-state index is -0.0593. The number of hydrogen-bond donors (Lipinski definition) is 0. The summed E-state index contributed by atoms with van der Waals surface area (Å²) in [6.07, 6.45) is 3.68. The van der Waals surface area contributed by atoms with Crippen LogP contribution in [-0.4, -0.2) is 17.3 Å². The number of thiophene rings is 1. The van der Waals surface area contributed by atoms with Crippen LogP contribution in [0.2, 0.25) is 0 Å². The van der Waals surface area contributed by atoms with E-state index in [9.17, 15) is 4.79 Å². The molecule has 2 heterocycles. The highest BCUT2D eigenvalue weighted by Gasteiger charge is 2.28. The first kappa shape index (κ1) is 19.3. The smallest absolute Gasteiger partial charge is 0.184 e. The number of carbonyl (C=O) groups excluding carboxylic acids is 1. The van der Waals surface area contributed by atoms with E-state index in [0.717, 1.165) is 33.1 Å². The Balaban J connectivity index is 1.81. The standard InChI is InChI=1S/C24H20OS3/c25-21(14-13-20-12-7-15-26-20)23(24-27-16-17-28-24)22(18-8-3-1-4-9-18)19-10-5-2-6-11-19/h1-15,22H,16-17H2/b14-13+. The summed E-state index contributed by atoms with van der Waals surface area (Å²) < 4.78 is 1.17. The fourth-order valence-corrected chi connectivity index (χ4v) is 6.51. The molecule has 0 N–H and O–H groups in total. The van der Waals surface area contributed by atoms with Crippen LogP contribution in [0, 0.1) is 0 Å². The highest BCUT2D eigenvalue weighted by molar-refractivity contribution is 8.25. The lowest BCUT2D eigenvalue weighted by Gasteiger charge is -2.22. The van der Waals surface area contributed by atoms with Crippen molar-refractivity contribution in [2.24, 2.45) is 0 Å². The van der Waals surface area contributed by atoms with E-state index in [1.54, 1.807) is 17.4 Å². The summed E-state index contributed by atoms with van der Waals surface area (Å²) in [5.74, 6) is 2.16. The predicted octanol–water partition coefficient (Wildman–Crippen LogP) is 6.85. The maximum atomic E-state index is 13.4. The Kier molecular flexibility index (Phi) is 6.53. The lowest BCUT2D eigenvalue weighted by molar-refractivity contribution is -0.111. The lowest BCUT2D eigenvalue weighted by Crippen LogP contribution is -2.13. The number of rotatable bonds is 6. The van der Waals surface area contributed by atoms with Crippen LogP contribution in [0.1, 0.15) is 21.9 Å². The summed E-state index contributed by atoms with van der Waals surface area (Å²) in [5, 5.41) is 2.03. The van der Waals surface area contributed by atoms with Crippen molar-refractivity contribution in [1.82, 2.24) is 0 Å². The highest BCUT2D eigenvalue weighted by atomic mass is 32.2. The van der Waals surface area contributed by atoms with Gasteiger partial charge < -0.3 is 0 Å². The van der Waals surface area contributed by atoms with Crippen LogP contribution in [0.15, 0.2) is 94.1 Å². The zero-order valence-corrected chi connectivity index (χ0v) is 17.7. The molecule has 1 fully saturated rings. The van der Waals surface area contributed by atoms with Crippen LogP contribution in [0.4, 0.5) is 0 Å². The van der Waals surface area contributed by atoms with Crippen molar-refractivity contribution in [3.63, 3.8) is 0 Å². The number of carbonyl (C=O) groups is 1. The first-order valence-electron chi connectivity index (χ1n) is 9.18. The van der Waals surface area contributed by atoms with Crippen molar-refractivity contribution in [3.05, 3.63) is 110 Å². The third-order valence-electron chi connectivity index (χ3n) is 4.53. The van der Waals surface area contributed by atoms with Crippen molar-refractivity contribution in [3.8, 4) is 0 Å². The van der Waals surface area contributed by atoms with Crippen molar-refractivity contribution in [2.75, 3.05) is 11.5 Å². The second-order valence-corrected chi connectivity index (χ2v) is 9.81. The molecule has 0 unspecified atom stereocenters. The quantitative estimate of drug-likeness (QED) is 0.406. The normalized spacial score (nSPS) is 14.1. The van der Waals surface area contributed by atoms with E-state index in [2.05, 4.69) is 48.5 Å². The summed E-state index contributed by atoms with van der Waals surface area (Å²) in [5.41, 5.74) is 3.21. The highest BCUT2D eigenvalue weighted by Crippen LogP contribution is 2.45. The SMILES string of the molecule is O=C(/C=C/c1cccs1)C(=C1SCCS1)C(c1ccccc1)c1ccccc1. The Hall–Kier alpha value is -2.01. The van der Waals surface area contributed by atoms with E-state index in [1.165, 1.54) is 4.24 Å². The fourth-order valence-electron chi connectivity index (χ4n) is 3.28. The van der Waals surface area contributed by atoms with Crippen LogP contribution in [-0.2, 0) is 4.79 Å². The first-order chi connectivity index (χ1) is 13.8. The molecule has 0 saturated carbocycles. The second-order valence-electron chi connectivity index (χ2n) is 6.37. The van der Waals surface area contributed by atoms with Crippen LogP contribution in [0.3, 0.4) is 0 Å². The first-order valence-corrected chi connectivity index (χ1v) is 12.0. The third-order valence-corrected chi connectivity index (χ3v) is 8.12. The Morgan fingerprint density at radius 2 is 1.43 bits per heavy atom. The molecule has 1 aromatic heterocycles. The van der Waals surface area contributed by atoms with Gasteiger partial charge in [0.2, 0.25) is 0 Å². The molecule has 4 rings (SSSR count). The summed E-state index contributed by atoms with van der Waals surface area (Å²) >= 11 is 5.27. The molecule has 28 heavy (non-hydrogen) atoms. The molecule has 1 aliphatic rings. The van der Waals surface area contributed by atoms with Gasteiger partial charge in [-0.2, -0.15) is 0 Å². The van der Waals surface area contributed by atoms with E-state index in [4.69, 9.17) is 0 Å². The molecular weight excluding hydrogens is 400 g/mol. The zero-order chi connectivity index (χ0) is 19.2. The Morgan fingerprint density at radius 1 is 0.821 bits per heavy atom. The minimum Gasteiger partial charge on any atom is -0.290 e. The van der Waals surface area contributed by atoms with Gasteiger partial charge in [0.05, 0.1) is 0 Å². The van der Waals surface area contributed by atoms with Gasteiger partial charge in [-0.15, -0.1) is 34.9 Å². The summed E-state index contributed by atoms with van der Waals surface area (Å²) in [6.45, 7) is 0. The van der Waals surface area contributed by atoms with E-state index < -0.39 is 0 Å². The van der Waals surface area contributed by atoms with Crippen LogP contribution >= 0.6 is 34.9 Å². The molecule has 1 nitrogen and oxygen atoms in total. The van der Waals surface area contributed by atoms with Gasteiger partial charge in [-0.05, 0) is 34.7 Å². The molecule has 2 aromatic carbocycles. The maximum absolute atomic E-state index is 13.4. The van der Waals surface area contributed by atoms with Gasteiger partial charge in [-0.25, -0.2) is 0 Å². The van der Waals surface area contributed by atoms with Gasteiger partial charge in [0.25, 0.3) is 0 Å². The molecule has 0 radical (unpaired) electrons. The van der Waals surface area contributed by atoms with Crippen LogP contribution < -0.4 is 0 Å². The van der Waals surface area contributed by atoms with E-state index in [1.807, 2.05) is 59.2 Å². The Bertz CT molecular complexity index is 926. The third kappa shape index (κ3) is 4.52. The van der Waals surface area contributed by atoms with Gasteiger partial charge in [0, 0.05) is 32.1 Å². The molecule has 0 bridgehead atoms. The number of ketones is 1.